The Hall–Kier alpha value is -2.18. The van der Waals surface area contributed by atoms with Gasteiger partial charge in [-0.05, 0) is 6.07 Å². The number of nitro benzene ring substituents is 1. The van der Waals surface area contributed by atoms with Crippen LogP contribution in [0.5, 0.6) is 5.75 Å². The Morgan fingerprint density at radius 1 is 1.57 bits per heavy atom. The second-order valence-corrected chi connectivity index (χ2v) is 2.41. The molecule has 0 saturated heterocycles. The summed E-state index contributed by atoms with van der Waals surface area (Å²) in [7, 11) is 0. The summed E-state index contributed by atoms with van der Waals surface area (Å²) < 4.78 is 12.9. The number of hydrogen-bond donors (Lipinski definition) is 2. The number of nitro groups is 1. The molecule has 74 valence electrons. The summed E-state index contributed by atoms with van der Waals surface area (Å²) in [6.45, 7) is 0. The molecule has 0 heterocycles. The van der Waals surface area contributed by atoms with Crippen LogP contribution in [-0.4, -0.2) is 15.9 Å². The van der Waals surface area contributed by atoms with Crippen LogP contribution in [0, 0.1) is 15.9 Å². The molecule has 1 rings (SSSR count). The molecule has 6 nitrogen and oxygen atoms in total. The second-order valence-electron chi connectivity index (χ2n) is 2.41. The molecule has 1 amide bonds. The van der Waals surface area contributed by atoms with Crippen molar-refractivity contribution in [2.75, 3.05) is 0 Å². The van der Waals surface area contributed by atoms with Crippen LogP contribution in [0.4, 0.5) is 10.1 Å². The molecule has 7 heteroatoms. The summed E-state index contributed by atoms with van der Waals surface area (Å²) in [5, 5.41) is 19.4. The number of carbonyl (C=O) groups excluding carboxylic acids is 1. The minimum Gasteiger partial charge on any atom is -0.501 e. The van der Waals surface area contributed by atoms with E-state index in [4.69, 9.17) is 10.8 Å². The van der Waals surface area contributed by atoms with Gasteiger partial charge in [-0.25, -0.2) is 4.39 Å². The summed E-state index contributed by atoms with van der Waals surface area (Å²) in [5.41, 5.74) is 3.08. The van der Waals surface area contributed by atoms with E-state index in [-0.39, 0.29) is 0 Å². The maximum Gasteiger partial charge on any atom is 0.311 e. The molecular formula is C7H5FN2O4. The van der Waals surface area contributed by atoms with E-state index >= 15 is 0 Å². The monoisotopic (exact) mass is 200 g/mol. The molecule has 1 aromatic rings. The Morgan fingerprint density at radius 3 is 2.57 bits per heavy atom. The number of amides is 1. The summed E-state index contributed by atoms with van der Waals surface area (Å²) >= 11 is 0. The molecule has 0 atom stereocenters. The molecule has 0 aromatic heterocycles. The van der Waals surface area contributed by atoms with Crippen LogP contribution < -0.4 is 5.73 Å². The fourth-order valence-electron chi connectivity index (χ4n) is 0.937. The van der Waals surface area contributed by atoms with Gasteiger partial charge in [0.15, 0.2) is 0 Å². The topological polar surface area (TPSA) is 106 Å². The summed E-state index contributed by atoms with van der Waals surface area (Å²) in [5.74, 6) is -3.41. The number of rotatable bonds is 2. The molecule has 0 aliphatic carbocycles. The van der Waals surface area contributed by atoms with Gasteiger partial charge in [0.1, 0.15) is 11.4 Å². The third kappa shape index (κ3) is 1.47. The number of nitrogens with zero attached hydrogens (tertiary/aromatic N) is 1. The number of carbonyl (C=O) groups is 1. The van der Waals surface area contributed by atoms with Gasteiger partial charge in [0.25, 0.3) is 5.91 Å². The van der Waals surface area contributed by atoms with E-state index in [9.17, 15) is 19.3 Å². The first-order valence-electron chi connectivity index (χ1n) is 3.40. The van der Waals surface area contributed by atoms with Crippen LogP contribution in [0.25, 0.3) is 0 Å². The minimum atomic E-state index is -1.26. The second kappa shape index (κ2) is 3.29. The smallest absolute Gasteiger partial charge is 0.311 e. The Balaban J connectivity index is 3.49. The van der Waals surface area contributed by atoms with Crippen LogP contribution in [-0.2, 0) is 0 Å². The first-order chi connectivity index (χ1) is 6.45. The Labute approximate surface area is 76.9 Å². The Bertz CT molecular complexity index is 418. The zero-order valence-corrected chi connectivity index (χ0v) is 6.73. The van der Waals surface area contributed by atoms with Gasteiger partial charge in [-0.1, -0.05) is 0 Å². The van der Waals surface area contributed by atoms with E-state index in [1.54, 1.807) is 0 Å². The molecule has 3 N–H and O–H groups in total. The van der Waals surface area contributed by atoms with E-state index < -0.39 is 33.6 Å². The predicted octanol–water partition coefficient (Wildman–Crippen LogP) is 0.538. The van der Waals surface area contributed by atoms with E-state index in [1.807, 2.05) is 0 Å². The number of nitrogens with two attached hydrogens (primary N) is 1. The molecule has 0 unspecified atom stereocenters. The van der Waals surface area contributed by atoms with E-state index in [0.29, 0.717) is 6.07 Å². The van der Waals surface area contributed by atoms with Crippen molar-refractivity contribution in [1.29, 1.82) is 0 Å². The van der Waals surface area contributed by atoms with Crippen LogP contribution in [0.3, 0.4) is 0 Å². The molecule has 0 aliphatic rings. The van der Waals surface area contributed by atoms with Crippen LogP contribution in [0.15, 0.2) is 12.1 Å². The van der Waals surface area contributed by atoms with Crippen molar-refractivity contribution in [3.8, 4) is 5.75 Å². The quantitative estimate of drug-likeness (QED) is 0.536. The zero-order chi connectivity index (χ0) is 10.9. The fourth-order valence-corrected chi connectivity index (χ4v) is 0.937. The third-order valence-electron chi connectivity index (χ3n) is 1.55. The summed E-state index contributed by atoms with van der Waals surface area (Å²) in [4.78, 5) is 20.0. The van der Waals surface area contributed by atoms with Gasteiger partial charge in [0.2, 0.25) is 5.75 Å². The first-order valence-corrected chi connectivity index (χ1v) is 3.40. The largest absolute Gasteiger partial charge is 0.501 e. The van der Waals surface area contributed by atoms with Gasteiger partial charge >= 0.3 is 5.69 Å². The van der Waals surface area contributed by atoms with Gasteiger partial charge in [-0.3, -0.25) is 14.9 Å². The van der Waals surface area contributed by atoms with E-state index in [1.165, 1.54) is 0 Å². The van der Waals surface area contributed by atoms with Crippen molar-refractivity contribution in [3.05, 3.63) is 33.6 Å². The average Bonchev–Trinajstić information content (AvgIpc) is 2.02. The van der Waals surface area contributed by atoms with Gasteiger partial charge in [0.05, 0.1) is 4.92 Å². The predicted molar refractivity (Wildman–Crippen MR) is 43.2 cm³/mol. The number of benzene rings is 1. The highest BCUT2D eigenvalue weighted by Crippen LogP contribution is 2.30. The zero-order valence-electron chi connectivity index (χ0n) is 6.73. The molecule has 0 fully saturated rings. The lowest BCUT2D eigenvalue weighted by atomic mass is 10.1. The van der Waals surface area contributed by atoms with Crippen molar-refractivity contribution in [1.82, 2.24) is 0 Å². The lowest BCUT2D eigenvalue weighted by molar-refractivity contribution is -0.385. The normalized spacial score (nSPS) is 9.79. The van der Waals surface area contributed by atoms with Gasteiger partial charge in [-0.15, -0.1) is 0 Å². The molecule has 0 radical (unpaired) electrons. The highest BCUT2D eigenvalue weighted by Gasteiger charge is 2.23. The maximum atomic E-state index is 12.9. The van der Waals surface area contributed by atoms with Crippen molar-refractivity contribution < 1.29 is 19.2 Å². The average molecular weight is 200 g/mol. The van der Waals surface area contributed by atoms with Gasteiger partial charge in [-0.2, -0.15) is 0 Å². The first kappa shape index (κ1) is 9.90. The van der Waals surface area contributed by atoms with E-state index in [0.717, 1.165) is 6.07 Å². The SMILES string of the molecule is NC(=O)c1c(F)ccc([N+](=O)[O-])c1O. The summed E-state index contributed by atoms with van der Waals surface area (Å²) in [6, 6.07) is 1.44. The number of aromatic hydroxyl groups is 1. The molecule has 1 aromatic carbocycles. The molecule has 0 aliphatic heterocycles. The molecular weight excluding hydrogens is 195 g/mol. The number of primary amides is 1. The minimum absolute atomic E-state index is 0.692. The van der Waals surface area contributed by atoms with Crippen molar-refractivity contribution in [3.63, 3.8) is 0 Å². The number of halogens is 1. The van der Waals surface area contributed by atoms with Crippen molar-refractivity contribution >= 4 is 11.6 Å². The lowest BCUT2D eigenvalue weighted by Gasteiger charge is -2.01. The molecule has 0 spiro atoms. The van der Waals surface area contributed by atoms with Gasteiger partial charge in [0, 0.05) is 6.07 Å². The molecule has 14 heavy (non-hydrogen) atoms. The van der Waals surface area contributed by atoms with Crippen molar-refractivity contribution in [2.45, 2.75) is 0 Å². The van der Waals surface area contributed by atoms with Crippen LogP contribution in [0.2, 0.25) is 0 Å². The van der Waals surface area contributed by atoms with Crippen molar-refractivity contribution in [2.24, 2.45) is 5.73 Å². The highest BCUT2D eigenvalue weighted by molar-refractivity contribution is 5.97. The lowest BCUT2D eigenvalue weighted by Crippen LogP contribution is -2.14. The highest BCUT2D eigenvalue weighted by atomic mass is 19.1. The Morgan fingerprint density at radius 2 is 2.14 bits per heavy atom. The fraction of sp³-hybridized carbons (Fsp3) is 0. The van der Waals surface area contributed by atoms with E-state index in [2.05, 4.69) is 0 Å². The summed E-state index contributed by atoms with van der Waals surface area (Å²) in [6.07, 6.45) is 0. The third-order valence-corrected chi connectivity index (χ3v) is 1.55. The Kier molecular flexibility index (Phi) is 2.32. The molecule has 0 saturated carbocycles. The number of hydrogen-bond acceptors (Lipinski definition) is 4. The number of phenols is 1. The van der Waals surface area contributed by atoms with Crippen LogP contribution in [0.1, 0.15) is 10.4 Å². The maximum absolute atomic E-state index is 12.9. The standard InChI is InChI=1S/C7H5FN2O4/c8-3-1-2-4(10(13)14)6(11)5(3)7(9)12/h1-2,11H,(H2,9,12). The molecule has 0 bridgehead atoms. The van der Waals surface area contributed by atoms with Gasteiger partial charge < -0.3 is 10.8 Å². The van der Waals surface area contributed by atoms with Crippen LogP contribution >= 0.6 is 0 Å².